The summed E-state index contributed by atoms with van der Waals surface area (Å²) in [6.45, 7) is 7.98. The van der Waals surface area contributed by atoms with E-state index in [9.17, 15) is 0 Å². The van der Waals surface area contributed by atoms with Crippen LogP contribution in [0.1, 0.15) is 74.1 Å². The summed E-state index contributed by atoms with van der Waals surface area (Å²) in [6.07, 6.45) is 16.2. The molecule has 0 aliphatic carbocycles. The molecule has 1 aromatic carbocycles. The van der Waals surface area contributed by atoms with Crippen molar-refractivity contribution in [1.82, 2.24) is 0 Å². The lowest BCUT2D eigenvalue weighted by molar-refractivity contribution is 0.349. The zero-order valence-electron chi connectivity index (χ0n) is 15.9. The summed E-state index contributed by atoms with van der Waals surface area (Å²) in [4.78, 5) is 0. The molecule has 2 heteroatoms. The van der Waals surface area contributed by atoms with Crippen LogP contribution in [0.5, 0.6) is 5.75 Å². The molecule has 1 fully saturated rings. The van der Waals surface area contributed by atoms with Crippen molar-refractivity contribution in [2.45, 2.75) is 83.7 Å². The highest BCUT2D eigenvalue weighted by Gasteiger charge is 2.29. The molecule has 25 heavy (non-hydrogen) atoms. The van der Waals surface area contributed by atoms with Gasteiger partial charge in [-0.3, -0.25) is 0 Å². The Kier molecular flexibility index (Phi) is 6.98. The molecule has 2 nitrogen and oxygen atoms in total. The van der Waals surface area contributed by atoms with E-state index in [0.717, 1.165) is 32.5 Å². The average molecular weight is 343 g/mol. The normalized spacial score (nSPS) is 18.0. The van der Waals surface area contributed by atoms with Gasteiger partial charge in [0.2, 0.25) is 0 Å². The van der Waals surface area contributed by atoms with Crippen LogP contribution in [0.15, 0.2) is 18.7 Å². The van der Waals surface area contributed by atoms with Crippen molar-refractivity contribution in [2.24, 2.45) is 0 Å². The topological polar surface area (TPSA) is 21.8 Å². The summed E-state index contributed by atoms with van der Waals surface area (Å²) in [6, 6.07) is 2.45. The number of hydrogen-bond donors (Lipinski definition) is 0. The third kappa shape index (κ3) is 5.10. The van der Waals surface area contributed by atoms with Crippen LogP contribution in [0.2, 0.25) is 0 Å². The summed E-state index contributed by atoms with van der Waals surface area (Å²) < 4.78 is 11.5. The molecule has 0 amide bonds. The molecule has 1 unspecified atom stereocenters. The van der Waals surface area contributed by atoms with Crippen molar-refractivity contribution in [1.29, 1.82) is 0 Å². The Labute approximate surface area is 153 Å². The fourth-order valence-corrected chi connectivity index (χ4v) is 4.03. The molecule has 3 rings (SSSR count). The number of hydrogen-bond acceptors (Lipinski definition) is 2. The van der Waals surface area contributed by atoms with Gasteiger partial charge < -0.3 is 9.47 Å². The van der Waals surface area contributed by atoms with Crippen molar-refractivity contribution in [2.75, 3.05) is 13.2 Å². The minimum Gasteiger partial charge on any atom is -0.493 e. The molecule has 2 heterocycles. The van der Waals surface area contributed by atoms with Gasteiger partial charge in [0, 0.05) is 24.0 Å². The highest BCUT2D eigenvalue weighted by atomic mass is 16.6. The minimum atomic E-state index is 0.408. The van der Waals surface area contributed by atoms with Crippen LogP contribution in [0.25, 0.3) is 0 Å². The van der Waals surface area contributed by atoms with Gasteiger partial charge in [0.25, 0.3) is 0 Å². The monoisotopic (exact) mass is 342 g/mol. The van der Waals surface area contributed by atoms with Gasteiger partial charge in [0.15, 0.2) is 0 Å². The summed E-state index contributed by atoms with van der Waals surface area (Å²) in [5.74, 6) is 1.19. The first-order valence-electron chi connectivity index (χ1n) is 10.3. The van der Waals surface area contributed by atoms with E-state index in [1.165, 1.54) is 79.4 Å². The first kappa shape index (κ1) is 18.5. The molecule has 0 aromatic heterocycles. The maximum Gasteiger partial charge on any atom is 0.126 e. The van der Waals surface area contributed by atoms with Crippen molar-refractivity contribution >= 4 is 0 Å². The average Bonchev–Trinajstić information content (AvgIpc) is 3.30. The number of benzene rings is 1. The Bertz CT molecular complexity index is 572. The van der Waals surface area contributed by atoms with E-state index >= 15 is 0 Å². The Morgan fingerprint density at radius 1 is 1.12 bits per heavy atom. The van der Waals surface area contributed by atoms with Gasteiger partial charge in [-0.05, 0) is 30.4 Å². The Morgan fingerprint density at radius 3 is 2.60 bits per heavy atom. The molecule has 0 bridgehead atoms. The molecule has 138 valence electrons. The second-order valence-corrected chi connectivity index (χ2v) is 7.60. The van der Waals surface area contributed by atoms with Gasteiger partial charge in [-0.25, -0.2) is 0 Å². The van der Waals surface area contributed by atoms with Crippen LogP contribution in [0.4, 0.5) is 0 Å². The number of ether oxygens (including phenoxy) is 2. The molecule has 0 saturated carbocycles. The lowest BCUT2D eigenvalue weighted by Gasteiger charge is -2.16. The molecule has 2 aliphatic heterocycles. The van der Waals surface area contributed by atoms with Crippen LogP contribution in [0.3, 0.4) is 0 Å². The standard InChI is InChI=1S/C23H34O2/c1-3-5-6-7-8-9-10-12-19-15-18(11-4-2)22(16-20-17-25-20)23-21(19)13-14-24-23/h4,15,20H,2-3,5-14,16-17H2,1H3. The SMILES string of the molecule is C=CCc1cc(CCCCCCCCC)c2c(c1CC1CO1)OCC2. The lowest BCUT2D eigenvalue weighted by atomic mass is 9.90. The van der Waals surface area contributed by atoms with Crippen LogP contribution in [0, 0.1) is 0 Å². The minimum absolute atomic E-state index is 0.408. The smallest absolute Gasteiger partial charge is 0.126 e. The van der Waals surface area contributed by atoms with Crippen molar-refractivity contribution in [3.63, 3.8) is 0 Å². The largest absolute Gasteiger partial charge is 0.493 e. The summed E-state index contributed by atoms with van der Waals surface area (Å²) >= 11 is 0. The second kappa shape index (κ2) is 9.43. The molecular weight excluding hydrogens is 308 g/mol. The highest BCUT2D eigenvalue weighted by Crippen LogP contribution is 2.38. The van der Waals surface area contributed by atoms with E-state index in [-0.39, 0.29) is 0 Å². The summed E-state index contributed by atoms with van der Waals surface area (Å²) in [5.41, 5.74) is 5.80. The van der Waals surface area contributed by atoms with Gasteiger partial charge in [-0.2, -0.15) is 0 Å². The first-order chi connectivity index (χ1) is 12.3. The van der Waals surface area contributed by atoms with E-state index in [0.29, 0.717) is 6.10 Å². The van der Waals surface area contributed by atoms with E-state index in [1.54, 1.807) is 0 Å². The van der Waals surface area contributed by atoms with Gasteiger partial charge in [-0.1, -0.05) is 57.6 Å². The summed E-state index contributed by atoms with van der Waals surface area (Å²) in [7, 11) is 0. The van der Waals surface area contributed by atoms with Gasteiger partial charge in [-0.15, -0.1) is 6.58 Å². The Hall–Kier alpha value is -1.28. The second-order valence-electron chi connectivity index (χ2n) is 7.60. The molecule has 1 atom stereocenters. The van der Waals surface area contributed by atoms with Crippen molar-refractivity contribution in [3.8, 4) is 5.75 Å². The van der Waals surface area contributed by atoms with E-state index < -0.39 is 0 Å². The third-order valence-corrected chi connectivity index (χ3v) is 5.52. The Balaban J connectivity index is 1.63. The molecule has 1 aromatic rings. The number of fused-ring (bicyclic) bond motifs is 1. The third-order valence-electron chi connectivity index (χ3n) is 5.52. The van der Waals surface area contributed by atoms with Gasteiger partial charge in [0.1, 0.15) is 5.75 Å². The number of allylic oxidation sites excluding steroid dienone is 1. The van der Waals surface area contributed by atoms with Crippen molar-refractivity contribution in [3.05, 3.63) is 41.0 Å². The number of rotatable bonds is 12. The summed E-state index contributed by atoms with van der Waals surface area (Å²) in [5, 5.41) is 0. The van der Waals surface area contributed by atoms with Gasteiger partial charge in [0.05, 0.1) is 19.3 Å². The maximum atomic E-state index is 6.07. The quantitative estimate of drug-likeness (QED) is 0.281. The van der Waals surface area contributed by atoms with E-state index in [4.69, 9.17) is 9.47 Å². The molecule has 0 radical (unpaired) electrons. The van der Waals surface area contributed by atoms with E-state index in [1.807, 2.05) is 6.08 Å². The fraction of sp³-hybridized carbons (Fsp3) is 0.652. The zero-order valence-corrected chi connectivity index (χ0v) is 15.9. The zero-order chi connectivity index (χ0) is 17.5. The first-order valence-corrected chi connectivity index (χ1v) is 10.3. The predicted octanol–water partition coefficient (Wildman–Crippen LogP) is 5.58. The predicted molar refractivity (Wildman–Crippen MR) is 105 cm³/mol. The van der Waals surface area contributed by atoms with Crippen LogP contribution in [-0.4, -0.2) is 19.3 Å². The fourth-order valence-electron chi connectivity index (χ4n) is 4.03. The number of unbranched alkanes of at least 4 members (excludes halogenated alkanes) is 6. The molecular formula is C23H34O2. The highest BCUT2D eigenvalue weighted by molar-refractivity contribution is 5.54. The van der Waals surface area contributed by atoms with Crippen LogP contribution < -0.4 is 4.74 Å². The van der Waals surface area contributed by atoms with Crippen molar-refractivity contribution < 1.29 is 9.47 Å². The van der Waals surface area contributed by atoms with Crippen LogP contribution >= 0.6 is 0 Å². The van der Waals surface area contributed by atoms with Gasteiger partial charge >= 0.3 is 0 Å². The maximum absolute atomic E-state index is 6.07. The lowest BCUT2D eigenvalue weighted by Crippen LogP contribution is -2.04. The number of aryl methyl sites for hydroxylation is 1. The van der Waals surface area contributed by atoms with E-state index in [2.05, 4.69) is 19.6 Å². The molecule has 2 aliphatic rings. The molecule has 0 spiro atoms. The van der Waals surface area contributed by atoms with Crippen LogP contribution in [-0.2, 0) is 30.4 Å². The molecule has 0 N–H and O–H groups in total. The number of epoxide rings is 1. The molecule has 1 saturated heterocycles. The Morgan fingerprint density at radius 2 is 1.88 bits per heavy atom.